The van der Waals surface area contributed by atoms with E-state index in [1.807, 2.05) is 0 Å². The van der Waals surface area contributed by atoms with Crippen LogP contribution in [-0.4, -0.2) is 17.0 Å². The van der Waals surface area contributed by atoms with E-state index in [-0.39, 0.29) is 0 Å². The Bertz CT molecular complexity index is 165. The summed E-state index contributed by atoms with van der Waals surface area (Å²) < 4.78 is 0.437. The van der Waals surface area contributed by atoms with E-state index >= 15 is 0 Å². The van der Waals surface area contributed by atoms with Gasteiger partial charge in [-0.3, -0.25) is 0 Å². The van der Waals surface area contributed by atoms with Gasteiger partial charge < -0.3 is 5.73 Å². The van der Waals surface area contributed by atoms with E-state index in [4.69, 9.17) is 5.73 Å². The van der Waals surface area contributed by atoms with Crippen LogP contribution in [0.5, 0.6) is 0 Å². The molecule has 0 radical (unpaired) electrons. The third-order valence-corrected chi connectivity index (χ3v) is 4.69. The van der Waals surface area contributed by atoms with Gasteiger partial charge in [-0.2, -0.15) is 11.8 Å². The maximum absolute atomic E-state index is 5.84. The molecule has 0 heterocycles. The minimum absolute atomic E-state index is 0.437. The smallest absolute Gasteiger partial charge is 0.0287 e. The average Bonchev–Trinajstić information content (AvgIpc) is 1.93. The Morgan fingerprint density at radius 2 is 1.92 bits per heavy atom. The lowest BCUT2D eigenvalue weighted by atomic mass is 9.62. The van der Waals surface area contributed by atoms with E-state index in [2.05, 4.69) is 39.5 Å². The monoisotopic (exact) mass is 201 g/mol. The molecule has 0 aliphatic heterocycles. The molecule has 0 amide bonds. The lowest BCUT2D eigenvalue weighted by molar-refractivity contribution is 0.102. The van der Waals surface area contributed by atoms with E-state index < -0.39 is 0 Å². The topological polar surface area (TPSA) is 26.0 Å². The quantitative estimate of drug-likeness (QED) is 0.760. The van der Waals surface area contributed by atoms with E-state index in [0.29, 0.717) is 10.2 Å². The van der Waals surface area contributed by atoms with Gasteiger partial charge in [-0.15, -0.1) is 0 Å². The second kappa shape index (κ2) is 3.82. The fourth-order valence-electron chi connectivity index (χ4n) is 2.10. The van der Waals surface area contributed by atoms with Crippen LogP contribution in [0.2, 0.25) is 0 Å². The highest BCUT2D eigenvalue weighted by Crippen LogP contribution is 2.53. The first-order chi connectivity index (χ1) is 5.93. The van der Waals surface area contributed by atoms with Gasteiger partial charge in [0.05, 0.1) is 0 Å². The molecular weight excluding hydrogens is 178 g/mol. The average molecular weight is 201 g/mol. The molecule has 78 valence electrons. The Morgan fingerprint density at radius 1 is 1.38 bits per heavy atom. The molecular formula is C11H23NS. The zero-order chi connectivity index (χ0) is 10.1. The third kappa shape index (κ3) is 2.41. The van der Waals surface area contributed by atoms with Crippen LogP contribution >= 0.6 is 11.8 Å². The molecule has 2 N–H and O–H groups in total. The number of hydrogen-bond acceptors (Lipinski definition) is 2. The molecule has 1 fully saturated rings. The van der Waals surface area contributed by atoms with Crippen molar-refractivity contribution in [3.63, 3.8) is 0 Å². The normalized spacial score (nSPS) is 34.4. The van der Waals surface area contributed by atoms with E-state index in [1.165, 1.54) is 18.6 Å². The van der Waals surface area contributed by atoms with Crippen LogP contribution in [0.15, 0.2) is 0 Å². The van der Waals surface area contributed by atoms with Gasteiger partial charge in [0.15, 0.2) is 0 Å². The van der Waals surface area contributed by atoms with Gasteiger partial charge in [0.1, 0.15) is 0 Å². The molecule has 1 nitrogen and oxygen atoms in total. The number of rotatable bonds is 3. The number of nitrogens with two attached hydrogens (primary N) is 1. The molecule has 0 aromatic carbocycles. The summed E-state index contributed by atoms with van der Waals surface area (Å²) in [4.78, 5) is 0. The molecule has 1 aliphatic carbocycles. The highest BCUT2D eigenvalue weighted by molar-refractivity contribution is 8.00. The Kier molecular flexibility index (Phi) is 3.34. The molecule has 0 bridgehead atoms. The second-order valence-electron chi connectivity index (χ2n) is 5.29. The Balaban J connectivity index is 2.45. The van der Waals surface area contributed by atoms with Crippen molar-refractivity contribution in [1.29, 1.82) is 0 Å². The van der Waals surface area contributed by atoms with E-state index in [9.17, 15) is 0 Å². The molecule has 0 unspecified atom stereocenters. The minimum Gasteiger partial charge on any atom is -0.329 e. The molecule has 0 aromatic rings. The summed E-state index contributed by atoms with van der Waals surface area (Å²) in [6.45, 7) is 10.1. The van der Waals surface area contributed by atoms with Crippen molar-refractivity contribution < 1.29 is 0 Å². The Hall–Kier alpha value is 0.310. The second-order valence-corrected chi connectivity index (χ2v) is 7.02. The van der Waals surface area contributed by atoms with Crippen molar-refractivity contribution >= 4 is 11.8 Å². The zero-order valence-corrected chi connectivity index (χ0v) is 10.2. The standard InChI is InChI=1S/C11H23NS/c1-5-13-11(8-12)6-9(7-11)10(2,3)4/h9H,5-8,12H2,1-4H3. The summed E-state index contributed by atoms with van der Waals surface area (Å²) in [6.07, 6.45) is 2.65. The van der Waals surface area contributed by atoms with Gasteiger partial charge in [-0.25, -0.2) is 0 Å². The van der Waals surface area contributed by atoms with Gasteiger partial charge in [0.25, 0.3) is 0 Å². The van der Waals surface area contributed by atoms with Crippen LogP contribution in [0, 0.1) is 11.3 Å². The summed E-state index contributed by atoms with van der Waals surface area (Å²) in [6, 6.07) is 0. The maximum Gasteiger partial charge on any atom is 0.0287 e. The first-order valence-electron chi connectivity index (χ1n) is 5.27. The third-order valence-electron chi connectivity index (χ3n) is 3.28. The van der Waals surface area contributed by atoms with Crippen LogP contribution in [0.3, 0.4) is 0 Å². The molecule has 0 saturated heterocycles. The predicted molar refractivity (Wildman–Crippen MR) is 62.1 cm³/mol. The first-order valence-corrected chi connectivity index (χ1v) is 6.26. The Morgan fingerprint density at radius 3 is 2.23 bits per heavy atom. The molecule has 0 aromatic heterocycles. The SMILES string of the molecule is CCSC1(CN)CC(C(C)(C)C)C1. The summed E-state index contributed by atoms with van der Waals surface area (Å²) in [5.41, 5.74) is 6.32. The van der Waals surface area contributed by atoms with Gasteiger partial charge in [0, 0.05) is 11.3 Å². The maximum atomic E-state index is 5.84. The van der Waals surface area contributed by atoms with Crippen LogP contribution in [-0.2, 0) is 0 Å². The van der Waals surface area contributed by atoms with Crippen LogP contribution in [0.4, 0.5) is 0 Å². The Labute approximate surface area is 86.8 Å². The summed E-state index contributed by atoms with van der Waals surface area (Å²) in [7, 11) is 0. The van der Waals surface area contributed by atoms with Crippen molar-refractivity contribution in [2.75, 3.05) is 12.3 Å². The number of thioether (sulfide) groups is 1. The van der Waals surface area contributed by atoms with Crippen molar-refractivity contribution in [3.8, 4) is 0 Å². The number of hydrogen-bond donors (Lipinski definition) is 1. The van der Waals surface area contributed by atoms with Crippen molar-refractivity contribution in [2.24, 2.45) is 17.1 Å². The van der Waals surface area contributed by atoms with Crippen molar-refractivity contribution in [3.05, 3.63) is 0 Å². The van der Waals surface area contributed by atoms with Gasteiger partial charge in [-0.05, 0) is 29.9 Å². The minimum atomic E-state index is 0.437. The molecule has 1 aliphatic rings. The highest BCUT2D eigenvalue weighted by Gasteiger charge is 2.47. The molecule has 1 saturated carbocycles. The molecule has 13 heavy (non-hydrogen) atoms. The van der Waals surface area contributed by atoms with Crippen molar-refractivity contribution in [1.82, 2.24) is 0 Å². The van der Waals surface area contributed by atoms with Crippen LogP contribution in [0.1, 0.15) is 40.5 Å². The van der Waals surface area contributed by atoms with Crippen LogP contribution in [0.25, 0.3) is 0 Å². The first kappa shape index (κ1) is 11.4. The molecule has 1 rings (SSSR count). The summed E-state index contributed by atoms with van der Waals surface area (Å²) >= 11 is 2.06. The lowest BCUT2D eigenvalue weighted by Gasteiger charge is -2.52. The largest absolute Gasteiger partial charge is 0.329 e. The van der Waals surface area contributed by atoms with Gasteiger partial charge >= 0.3 is 0 Å². The van der Waals surface area contributed by atoms with Crippen LogP contribution < -0.4 is 5.73 Å². The summed E-state index contributed by atoms with van der Waals surface area (Å²) in [5, 5.41) is 0. The van der Waals surface area contributed by atoms with Gasteiger partial charge in [0.2, 0.25) is 0 Å². The lowest BCUT2D eigenvalue weighted by Crippen LogP contribution is -2.51. The predicted octanol–water partition coefficient (Wildman–Crippen LogP) is 2.89. The fourth-order valence-corrected chi connectivity index (χ4v) is 3.47. The highest BCUT2D eigenvalue weighted by atomic mass is 32.2. The molecule has 0 spiro atoms. The van der Waals surface area contributed by atoms with Gasteiger partial charge in [-0.1, -0.05) is 27.7 Å². The summed E-state index contributed by atoms with van der Waals surface area (Å²) in [5.74, 6) is 2.09. The van der Waals surface area contributed by atoms with E-state index in [0.717, 1.165) is 12.5 Å². The van der Waals surface area contributed by atoms with E-state index in [1.54, 1.807) is 0 Å². The molecule has 2 heteroatoms. The zero-order valence-electron chi connectivity index (χ0n) is 9.39. The molecule has 0 atom stereocenters. The fraction of sp³-hybridized carbons (Fsp3) is 1.00. The van der Waals surface area contributed by atoms with Crippen molar-refractivity contribution in [2.45, 2.75) is 45.3 Å².